The Morgan fingerprint density at radius 1 is 0.854 bits per heavy atom. The van der Waals surface area contributed by atoms with E-state index in [9.17, 15) is 9.59 Å². The van der Waals surface area contributed by atoms with E-state index in [0.717, 1.165) is 38.6 Å². The van der Waals surface area contributed by atoms with E-state index in [1.807, 2.05) is 111 Å². The molecule has 0 atom stereocenters. The van der Waals surface area contributed by atoms with Crippen LogP contribution in [-0.4, -0.2) is 52.3 Å². The van der Waals surface area contributed by atoms with Crippen LogP contribution in [0.4, 0.5) is 0 Å². The minimum Gasteiger partial charge on any atom is -0.494 e. The molecule has 1 heterocycles. The first-order chi connectivity index (χ1) is 19.9. The van der Waals surface area contributed by atoms with Crippen LogP contribution in [0.15, 0.2) is 97.2 Å². The Hall–Kier alpha value is -4.58. The molecule has 2 amide bonds. The second kappa shape index (κ2) is 12.7. The fourth-order valence-electron chi connectivity index (χ4n) is 5.27. The van der Waals surface area contributed by atoms with Gasteiger partial charge in [0.2, 0.25) is 5.91 Å². The van der Waals surface area contributed by atoms with Gasteiger partial charge >= 0.3 is 0 Å². The summed E-state index contributed by atoms with van der Waals surface area (Å²) in [5.41, 5.74) is 3.87. The highest BCUT2D eigenvalue weighted by atomic mass is 16.5. The molecule has 0 saturated carbocycles. The molecule has 6 heteroatoms. The molecule has 4 aromatic carbocycles. The number of hydrogen-bond donors (Lipinski definition) is 1. The SMILES string of the molecule is CCOc1ccc(CN(CCc2c[nH]c3ccccc23)C(=O)CN(C(=O)c2cccc3ccccc23)C(C)C)cc1. The number of carbonyl (C=O) groups excluding carboxylic acids is 2. The molecule has 0 aliphatic carbocycles. The molecule has 0 unspecified atom stereocenters. The number of nitrogens with one attached hydrogen (secondary N) is 1. The maximum absolute atomic E-state index is 14.0. The summed E-state index contributed by atoms with van der Waals surface area (Å²) in [6.45, 7) is 7.45. The normalized spacial score (nSPS) is 11.2. The Morgan fingerprint density at radius 3 is 2.32 bits per heavy atom. The van der Waals surface area contributed by atoms with Gasteiger partial charge < -0.3 is 19.5 Å². The lowest BCUT2D eigenvalue weighted by Gasteiger charge is -2.30. The summed E-state index contributed by atoms with van der Waals surface area (Å²) in [6, 6.07) is 29.5. The van der Waals surface area contributed by atoms with Gasteiger partial charge in [0.1, 0.15) is 12.3 Å². The van der Waals surface area contributed by atoms with E-state index in [-0.39, 0.29) is 24.4 Å². The summed E-state index contributed by atoms with van der Waals surface area (Å²) in [5, 5.41) is 3.06. The molecule has 41 heavy (non-hydrogen) atoms. The van der Waals surface area contributed by atoms with Gasteiger partial charge in [-0.05, 0) is 73.4 Å². The van der Waals surface area contributed by atoms with Crippen molar-refractivity contribution in [3.05, 3.63) is 114 Å². The summed E-state index contributed by atoms with van der Waals surface area (Å²) in [6.07, 6.45) is 2.72. The van der Waals surface area contributed by atoms with Crippen molar-refractivity contribution >= 4 is 33.5 Å². The third kappa shape index (κ3) is 6.43. The number of rotatable bonds is 11. The second-order valence-corrected chi connectivity index (χ2v) is 10.6. The molecule has 0 bridgehead atoms. The summed E-state index contributed by atoms with van der Waals surface area (Å²) >= 11 is 0. The van der Waals surface area contributed by atoms with Crippen LogP contribution >= 0.6 is 0 Å². The molecule has 1 aromatic heterocycles. The van der Waals surface area contributed by atoms with Crippen LogP contribution in [0, 0.1) is 0 Å². The molecular formula is C35H37N3O3. The van der Waals surface area contributed by atoms with Crippen molar-refractivity contribution in [3.8, 4) is 5.75 Å². The van der Waals surface area contributed by atoms with Crippen LogP contribution in [0.5, 0.6) is 5.75 Å². The summed E-state index contributed by atoms with van der Waals surface area (Å²) in [5.74, 6) is 0.586. The van der Waals surface area contributed by atoms with Crippen LogP contribution in [0.3, 0.4) is 0 Å². The number of carbonyl (C=O) groups is 2. The molecule has 1 N–H and O–H groups in total. The van der Waals surface area contributed by atoms with Crippen molar-refractivity contribution in [1.29, 1.82) is 0 Å². The van der Waals surface area contributed by atoms with Gasteiger partial charge in [0.25, 0.3) is 5.91 Å². The topological polar surface area (TPSA) is 65.6 Å². The highest BCUT2D eigenvalue weighted by Gasteiger charge is 2.26. The molecular weight excluding hydrogens is 510 g/mol. The Balaban J connectivity index is 1.39. The number of aromatic amines is 1. The first-order valence-corrected chi connectivity index (χ1v) is 14.3. The Labute approximate surface area is 241 Å². The molecule has 0 spiro atoms. The third-order valence-corrected chi connectivity index (χ3v) is 7.50. The van der Waals surface area contributed by atoms with Gasteiger partial charge in [-0.2, -0.15) is 0 Å². The zero-order valence-corrected chi connectivity index (χ0v) is 24.0. The lowest BCUT2D eigenvalue weighted by Crippen LogP contribution is -2.46. The van der Waals surface area contributed by atoms with E-state index in [4.69, 9.17) is 4.74 Å². The number of para-hydroxylation sites is 1. The second-order valence-electron chi connectivity index (χ2n) is 10.6. The van der Waals surface area contributed by atoms with Crippen LogP contribution in [0.2, 0.25) is 0 Å². The number of ether oxygens (including phenoxy) is 1. The summed E-state index contributed by atoms with van der Waals surface area (Å²) in [7, 11) is 0. The van der Waals surface area contributed by atoms with E-state index < -0.39 is 0 Å². The first kappa shape index (κ1) is 28.0. The smallest absolute Gasteiger partial charge is 0.255 e. The van der Waals surface area contributed by atoms with Crippen LogP contribution < -0.4 is 4.74 Å². The number of hydrogen-bond acceptors (Lipinski definition) is 3. The molecule has 210 valence electrons. The molecule has 6 nitrogen and oxygen atoms in total. The van der Waals surface area contributed by atoms with E-state index in [1.54, 1.807) is 4.90 Å². The largest absolute Gasteiger partial charge is 0.494 e. The van der Waals surface area contributed by atoms with E-state index in [1.165, 1.54) is 0 Å². The number of benzene rings is 4. The monoisotopic (exact) mass is 547 g/mol. The Kier molecular flexibility index (Phi) is 8.68. The third-order valence-electron chi connectivity index (χ3n) is 7.50. The minimum absolute atomic E-state index is 0.00460. The van der Waals surface area contributed by atoms with Crippen molar-refractivity contribution in [3.63, 3.8) is 0 Å². The molecule has 0 aliphatic rings. The zero-order chi connectivity index (χ0) is 28.8. The molecule has 0 saturated heterocycles. The quantitative estimate of drug-likeness (QED) is 0.197. The lowest BCUT2D eigenvalue weighted by molar-refractivity contribution is -0.132. The van der Waals surface area contributed by atoms with Gasteiger partial charge in [0.15, 0.2) is 0 Å². The number of fused-ring (bicyclic) bond motifs is 2. The average Bonchev–Trinajstić information content (AvgIpc) is 3.41. The number of H-pyrrole nitrogens is 1. The molecule has 5 rings (SSSR count). The number of amides is 2. The fraction of sp³-hybridized carbons (Fsp3) is 0.257. The van der Waals surface area contributed by atoms with Gasteiger partial charge in [0.05, 0.1) is 6.61 Å². The highest BCUT2D eigenvalue weighted by molar-refractivity contribution is 6.07. The molecule has 0 fully saturated rings. The van der Waals surface area contributed by atoms with Gasteiger partial charge in [-0.25, -0.2) is 0 Å². The number of nitrogens with zero attached hydrogens (tertiary/aromatic N) is 2. The first-order valence-electron chi connectivity index (χ1n) is 14.3. The van der Waals surface area contributed by atoms with Gasteiger partial charge in [-0.3, -0.25) is 9.59 Å². The van der Waals surface area contributed by atoms with Gasteiger partial charge in [0, 0.05) is 41.8 Å². The predicted octanol–water partition coefficient (Wildman–Crippen LogP) is 6.84. The Morgan fingerprint density at radius 2 is 1.56 bits per heavy atom. The number of aromatic nitrogens is 1. The van der Waals surface area contributed by atoms with Crippen molar-refractivity contribution in [1.82, 2.24) is 14.8 Å². The van der Waals surface area contributed by atoms with E-state index in [0.29, 0.717) is 31.7 Å². The standard InChI is InChI=1S/C35H37N3O3/c1-4-41-29-18-16-26(17-19-29)23-37(21-20-28-22-36-33-15-8-7-13-31(28)33)34(39)24-38(25(2)3)35(40)32-14-9-11-27-10-5-6-12-30(27)32/h5-19,22,25,36H,4,20-21,23-24H2,1-3H3. The predicted molar refractivity (Wildman–Crippen MR) is 165 cm³/mol. The van der Waals surface area contributed by atoms with Crippen LogP contribution in [-0.2, 0) is 17.8 Å². The van der Waals surface area contributed by atoms with E-state index in [2.05, 4.69) is 17.1 Å². The maximum atomic E-state index is 14.0. The lowest BCUT2D eigenvalue weighted by atomic mass is 10.0. The zero-order valence-electron chi connectivity index (χ0n) is 24.0. The van der Waals surface area contributed by atoms with Crippen LogP contribution in [0.1, 0.15) is 42.3 Å². The van der Waals surface area contributed by atoms with Gasteiger partial charge in [-0.1, -0.05) is 66.7 Å². The highest BCUT2D eigenvalue weighted by Crippen LogP contribution is 2.22. The van der Waals surface area contributed by atoms with Crippen molar-refractivity contribution < 1.29 is 14.3 Å². The van der Waals surface area contributed by atoms with E-state index >= 15 is 0 Å². The van der Waals surface area contributed by atoms with Crippen molar-refractivity contribution in [2.45, 2.75) is 39.8 Å². The van der Waals surface area contributed by atoms with Crippen LogP contribution in [0.25, 0.3) is 21.7 Å². The maximum Gasteiger partial charge on any atom is 0.255 e. The minimum atomic E-state index is -0.147. The average molecular weight is 548 g/mol. The fourth-order valence-corrected chi connectivity index (χ4v) is 5.27. The molecule has 0 aliphatic heterocycles. The van der Waals surface area contributed by atoms with Crippen molar-refractivity contribution in [2.24, 2.45) is 0 Å². The van der Waals surface area contributed by atoms with Crippen molar-refractivity contribution in [2.75, 3.05) is 19.7 Å². The van der Waals surface area contributed by atoms with Gasteiger partial charge in [-0.15, -0.1) is 0 Å². The summed E-state index contributed by atoms with van der Waals surface area (Å²) in [4.78, 5) is 34.7. The summed E-state index contributed by atoms with van der Waals surface area (Å²) < 4.78 is 5.60. The molecule has 5 aromatic rings. The Bertz CT molecular complexity index is 1630. The molecule has 0 radical (unpaired) electrons.